The van der Waals surface area contributed by atoms with E-state index < -0.39 is 5.60 Å². The third kappa shape index (κ3) is 4.62. The molecule has 8 nitrogen and oxygen atoms in total. The molecule has 0 aliphatic carbocycles. The quantitative estimate of drug-likeness (QED) is 0.775. The van der Waals surface area contributed by atoms with Crippen LogP contribution in [0.15, 0.2) is 24.5 Å². The molecule has 0 unspecified atom stereocenters. The molecule has 3 heterocycles. The number of hydrogen-bond acceptors (Lipinski definition) is 7. The Morgan fingerprint density at radius 1 is 1.11 bits per heavy atom. The normalized spacial score (nSPS) is 14.8. The average molecular weight is 406 g/mol. The van der Waals surface area contributed by atoms with Crippen LogP contribution >= 0.6 is 11.6 Å². The molecule has 0 saturated carbocycles. The SMILES string of the molecule is COc1nc(-c2ccncc2)nc(N2CCN(C(=O)OC(C)(C)C)CC2)c1Cl. The summed E-state index contributed by atoms with van der Waals surface area (Å²) in [6.45, 7) is 7.76. The van der Waals surface area contributed by atoms with Crippen LogP contribution in [0.5, 0.6) is 5.88 Å². The van der Waals surface area contributed by atoms with Crippen LogP contribution in [0, 0.1) is 0 Å². The van der Waals surface area contributed by atoms with Crippen LogP contribution in [0.2, 0.25) is 5.02 Å². The zero-order valence-corrected chi connectivity index (χ0v) is 17.2. The van der Waals surface area contributed by atoms with E-state index in [4.69, 9.17) is 21.1 Å². The largest absolute Gasteiger partial charge is 0.480 e. The summed E-state index contributed by atoms with van der Waals surface area (Å²) in [5.41, 5.74) is 0.301. The Morgan fingerprint density at radius 3 is 2.32 bits per heavy atom. The van der Waals surface area contributed by atoms with Crippen molar-refractivity contribution in [1.82, 2.24) is 19.9 Å². The maximum absolute atomic E-state index is 12.3. The van der Waals surface area contributed by atoms with E-state index in [1.54, 1.807) is 17.3 Å². The van der Waals surface area contributed by atoms with E-state index >= 15 is 0 Å². The Morgan fingerprint density at radius 2 is 1.75 bits per heavy atom. The van der Waals surface area contributed by atoms with Gasteiger partial charge in [-0.15, -0.1) is 0 Å². The van der Waals surface area contributed by atoms with Gasteiger partial charge in [0.25, 0.3) is 0 Å². The minimum absolute atomic E-state index is 0.309. The lowest BCUT2D eigenvalue weighted by atomic mass is 10.2. The van der Waals surface area contributed by atoms with Gasteiger partial charge in [-0.25, -0.2) is 9.78 Å². The van der Waals surface area contributed by atoms with Crippen LogP contribution in [0.25, 0.3) is 11.4 Å². The highest BCUT2D eigenvalue weighted by atomic mass is 35.5. The number of halogens is 1. The molecule has 0 radical (unpaired) electrons. The summed E-state index contributed by atoms with van der Waals surface area (Å²) in [5.74, 6) is 1.41. The Hall–Kier alpha value is -2.61. The van der Waals surface area contributed by atoms with Crippen molar-refractivity contribution in [2.45, 2.75) is 26.4 Å². The monoisotopic (exact) mass is 405 g/mol. The van der Waals surface area contributed by atoms with Crippen molar-refractivity contribution in [3.05, 3.63) is 29.5 Å². The summed E-state index contributed by atoms with van der Waals surface area (Å²) in [7, 11) is 1.52. The van der Waals surface area contributed by atoms with Crippen molar-refractivity contribution in [3.8, 4) is 17.3 Å². The minimum Gasteiger partial charge on any atom is -0.480 e. The van der Waals surface area contributed by atoms with Crippen LogP contribution in [-0.4, -0.2) is 64.8 Å². The van der Waals surface area contributed by atoms with Gasteiger partial charge >= 0.3 is 6.09 Å². The van der Waals surface area contributed by atoms with E-state index in [1.165, 1.54) is 7.11 Å². The van der Waals surface area contributed by atoms with Gasteiger partial charge in [0.2, 0.25) is 5.88 Å². The Kier molecular flexibility index (Phi) is 5.88. The molecule has 0 atom stereocenters. The number of hydrogen-bond donors (Lipinski definition) is 0. The highest BCUT2D eigenvalue weighted by molar-refractivity contribution is 6.34. The van der Waals surface area contributed by atoms with Gasteiger partial charge in [-0.3, -0.25) is 4.98 Å². The zero-order chi connectivity index (χ0) is 20.3. The van der Waals surface area contributed by atoms with E-state index in [9.17, 15) is 4.79 Å². The van der Waals surface area contributed by atoms with Gasteiger partial charge in [0, 0.05) is 44.1 Å². The first kappa shape index (κ1) is 20.1. The fourth-order valence-electron chi connectivity index (χ4n) is 2.82. The van der Waals surface area contributed by atoms with Crippen molar-refractivity contribution in [2.24, 2.45) is 0 Å². The first-order valence-electron chi connectivity index (χ1n) is 9.03. The summed E-state index contributed by atoms with van der Waals surface area (Å²) in [6, 6.07) is 3.65. The summed E-state index contributed by atoms with van der Waals surface area (Å²) in [5, 5.41) is 0.353. The summed E-state index contributed by atoms with van der Waals surface area (Å²) >= 11 is 6.48. The average Bonchev–Trinajstić information content (AvgIpc) is 2.68. The predicted octanol–water partition coefficient (Wildman–Crippen LogP) is 3.26. The zero-order valence-electron chi connectivity index (χ0n) is 16.5. The molecule has 9 heteroatoms. The molecule has 0 spiro atoms. The van der Waals surface area contributed by atoms with Crippen molar-refractivity contribution in [3.63, 3.8) is 0 Å². The number of amides is 1. The van der Waals surface area contributed by atoms with Crippen molar-refractivity contribution < 1.29 is 14.3 Å². The standard InChI is InChI=1S/C19H24ClN5O3/c1-19(2,3)28-18(26)25-11-9-24(10-12-25)16-14(20)17(27-4)23-15(22-16)13-5-7-21-8-6-13/h5-8H,9-12H2,1-4H3. The molecule has 150 valence electrons. The van der Waals surface area contributed by atoms with Crippen molar-refractivity contribution >= 4 is 23.5 Å². The van der Waals surface area contributed by atoms with Gasteiger partial charge in [0.05, 0.1) is 7.11 Å². The second-order valence-electron chi connectivity index (χ2n) is 7.38. The van der Waals surface area contributed by atoms with Gasteiger partial charge in [-0.2, -0.15) is 4.98 Å². The van der Waals surface area contributed by atoms with E-state index in [0.717, 1.165) is 5.56 Å². The Bertz CT molecular complexity index is 833. The molecule has 1 fully saturated rings. The van der Waals surface area contributed by atoms with Crippen molar-refractivity contribution in [2.75, 3.05) is 38.2 Å². The Balaban J connectivity index is 1.80. The maximum Gasteiger partial charge on any atom is 0.410 e. The first-order chi connectivity index (χ1) is 13.3. The summed E-state index contributed by atoms with van der Waals surface area (Å²) < 4.78 is 10.8. The van der Waals surface area contributed by atoms with E-state index in [-0.39, 0.29) is 6.09 Å². The van der Waals surface area contributed by atoms with Gasteiger partial charge in [0.1, 0.15) is 10.6 Å². The molecule has 28 heavy (non-hydrogen) atoms. The molecule has 3 rings (SSSR count). The highest BCUT2D eigenvalue weighted by Crippen LogP contribution is 2.34. The van der Waals surface area contributed by atoms with Crippen LogP contribution < -0.4 is 9.64 Å². The fourth-order valence-corrected chi connectivity index (χ4v) is 3.10. The fraction of sp³-hybridized carbons (Fsp3) is 0.474. The van der Waals surface area contributed by atoms with E-state index in [2.05, 4.69) is 15.0 Å². The molecule has 1 amide bonds. The Labute approximate surface area is 169 Å². The second-order valence-corrected chi connectivity index (χ2v) is 7.76. The number of anilines is 1. The lowest BCUT2D eigenvalue weighted by Gasteiger charge is -2.36. The molecular weight excluding hydrogens is 382 g/mol. The molecule has 1 saturated heterocycles. The molecule has 0 N–H and O–H groups in total. The summed E-state index contributed by atoms with van der Waals surface area (Å²) in [4.78, 5) is 29.1. The minimum atomic E-state index is -0.517. The second kappa shape index (κ2) is 8.18. The number of piperazine rings is 1. The van der Waals surface area contributed by atoms with Gasteiger partial charge in [-0.05, 0) is 32.9 Å². The van der Waals surface area contributed by atoms with Crippen LogP contribution in [0.3, 0.4) is 0 Å². The van der Waals surface area contributed by atoms with Crippen LogP contribution in [0.4, 0.5) is 10.6 Å². The van der Waals surface area contributed by atoms with Gasteiger partial charge in [0.15, 0.2) is 11.6 Å². The molecule has 2 aromatic rings. The number of carbonyl (C=O) groups is 1. The van der Waals surface area contributed by atoms with E-state index in [1.807, 2.05) is 37.8 Å². The maximum atomic E-state index is 12.3. The number of methoxy groups -OCH3 is 1. The number of rotatable bonds is 3. The lowest BCUT2D eigenvalue weighted by Crippen LogP contribution is -2.50. The molecule has 1 aliphatic heterocycles. The summed E-state index contributed by atoms with van der Waals surface area (Å²) in [6.07, 6.45) is 3.05. The third-order valence-corrected chi connectivity index (χ3v) is 4.50. The topological polar surface area (TPSA) is 80.7 Å². The molecule has 2 aromatic heterocycles. The first-order valence-corrected chi connectivity index (χ1v) is 9.41. The van der Waals surface area contributed by atoms with Gasteiger partial charge < -0.3 is 19.3 Å². The number of ether oxygens (including phenoxy) is 2. The number of pyridine rings is 1. The smallest absolute Gasteiger partial charge is 0.410 e. The van der Waals surface area contributed by atoms with Gasteiger partial charge in [-0.1, -0.05) is 11.6 Å². The molecule has 0 bridgehead atoms. The molecule has 1 aliphatic rings. The molecule has 0 aromatic carbocycles. The molecular formula is C19H24ClN5O3. The van der Waals surface area contributed by atoms with E-state index in [0.29, 0.717) is 48.7 Å². The highest BCUT2D eigenvalue weighted by Gasteiger charge is 2.28. The van der Waals surface area contributed by atoms with Crippen LogP contribution in [0.1, 0.15) is 20.8 Å². The number of nitrogens with zero attached hydrogens (tertiary/aromatic N) is 5. The number of aromatic nitrogens is 3. The van der Waals surface area contributed by atoms with Crippen molar-refractivity contribution in [1.29, 1.82) is 0 Å². The lowest BCUT2D eigenvalue weighted by molar-refractivity contribution is 0.0240. The predicted molar refractivity (Wildman–Crippen MR) is 107 cm³/mol. The van der Waals surface area contributed by atoms with Crippen LogP contribution in [-0.2, 0) is 4.74 Å². The third-order valence-electron chi connectivity index (χ3n) is 4.17. The number of carbonyl (C=O) groups excluding carboxylic acids is 1.